The van der Waals surface area contributed by atoms with Gasteiger partial charge in [-0.3, -0.25) is 9.88 Å². The number of hydrogen-bond acceptors (Lipinski definition) is 4. The minimum absolute atomic E-state index is 0.450. The van der Waals surface area contributed by atoms with Gasteiger partial charge in [0.25, 0.3) is 0 Å². The van der Waals surface area contributed by atoms with Gasteiger partial charge in [0.05, 0.1) is 5.52 Å². The summed E-state index contributed by atoms with van der Waals surface area (Å²) in [7, 11) is 0. The summed E-state index contributed by atoms with van der Waals surface area (Å²) in [5.41, 5.74) is 4.54. The minimum Gasteiger partial charge on any atom is -0.298 e. The number of likely N-dealkylation sites (tertiary alicyclic amines) is 1. The van der Waals surface area contributed by atoms with Gasteiger partial charge in [0, 0.05) is 42.0 Å². The van der Waals surface area contributed by atoms with Crippen molar-refractivity contribution in [3.63, 3.8) is 0 Å². The molecule has 3 heterocycles. The maximum atomic E-state index is 4.65. The Hall–Kier alpha value is -2.33. The molecule has 0 bridgehead atoms. The topological polar surface area (TPSA) is 41.9 Å². The molecule has 122 valence electrons. The number of benzene rings is 1. The van der Waals surface area contributed by atoms with Gasteiger partial charge in [0.2, 0.25) is 0 Å². The maximum absolute atomic E-state index is 4.65. The zero-order valence-electron chi connectivity index (χ0n) is 14.2. The Labute approximate surface area is 142 Å². The fourth-order valence-corrected chi connectivity index (χ4v) is 3.60. The van der Waals surface area contributed by atoms with Gasteiger partial charge in [-0.1, -0.05) is 12.1 Å². The fraction of sp³-hybridized carbons (Fsp3) is 0.350. The van der Waals surface area contributed by atoms with Crippen LogP contribution >= 0.6 is 0 Å². The predicted octanol–water partition coefficient (Wildman–Crippen LogP) is 3.63. The number of pyridine rings is 1. The van der Waals surface area contributed by atoms with Crippen LogP contribution in [0, 0.1) is 13.8 Å². The average molecular weight is 318 g/mol. The van der Waals surface area contributed by atoms with Gasteiger partial charge in [-0.05, 0) is 56.6 Å². The molecule has 1 atom stereocenters. The Morgan fingerprint density at radius 1 is 1.08 bits per heavy atom. The van der Waals surface area contributed by atoms with E-state index in [-0.39, 0.29) is 0 Å². The molecule has 4 heteroatoms. The third-order valence-corrected chi connectivity index (χ3v) is 4.71. The van der Waals surface area contributed by atoms with Crippen LogP contribution in [0.2, 0.25) is 0 Å². The first-order valence-electron chi connectivity index (χ1n) is 8.55. The van der Waals surface area contributed by atoms with Crippen molar-refractivity contribution in [3.05, 3.63) is 65.4 Å². The quantitative estimate of drug-likeness (QED) is 0.739. The molecule has 4 nitrogen and oxygen atoms in total. The second-order valence-corrected chi connectivity index (χ2v) is 6.76. The van der Waals surface area contributed by atoms with E-state index in [9.17, 15) is 0 Å². The SMILES string of the molecule is Cc1cc(C)nc([C@H]2CCN(Cc3ccc4ncccc4c3)C2)n1. The Kier molecular flexibility index (Phi) is 3.98. The molecule has 1 aliphatic rings. The highest BCUT2D eigenvalue weighted by atomic mass is 15.2. The van der Waals surface area contributed by atoms with Crippen molar-refractivity contribution in [2.24, 2.45) is 0 Å². The molecule has 1 aromatic carbocycles. The molecule has 3 aromatic rings. The van der Waals surface area contributed by atoms with E-state index in [0.717, 1.165) is 48.8 Å². The molecule has 1 aliphatic heterocycles. The van der Waals surface area contributed by atoms with Gasteiger partial charge in [-0.15, -0.1) is 0 Å². The fourth-order valence-electron chi connectivity index (χ4n) is 3.60. The molecule has 4 rings (SSSR count). The molecule has 1 fully saturated rings. The number of aryl methyl sites for hydroxylation is 2. The second kappa shape index (κ2) is 6.29. The lowest BCUT2D eigenvalue weighted by Gasteiger charge is -2.16. The smallest absolute Gasteiger partial charge is 0.133 e. The van der Waals surface area contributed by atoms with E-state index in [4.69, 9.17) is 0 Å². The highest BCUT2D eigenvalue weighted by Crippen LogP contribution is 2.26. The number of rotatable bonds is 3. The number of fused-ring (bicyclic) bond motifs is 1. The number of hydrogen-bond donors (Lipinski definition) is 0. The summed E-state index contributed by atoms with van der Waals surface area (Å²) in [6.07, 6.45) is 2.98. The van der Waals surface area contributed by atoms with Crippen molar-refractivity contribution in [2.45, 2.75) is 32.7 Å². The Morgan fingerprint density at radius 2 is 1.92 bits per heavy atom. The first kappa shape index (κ1) is 15.2. The highest BCUT2D eigenvalue weighted by Gasteiger charge is 2.26. The lowest BCUT2D eigenvalue weighted by atomic mass is 10.1. The molecule has 0 aliphatic carbocycles. The molecule has 0 amide bonds. The van der Waals surface area contributed by atoms with Crippen LogP contribution in [-0.2, 0) is 6.54 Å². The van der Waals surface area contributed by atoms with E-state index < -0.39 is 0 Å². The van der Waals surface area contributed by atoms with Crippen molar-refractivity contribution in [3.8, 4) is 0 Å². The molecule has 2 aromatic heterocycles. The van der Waals surface area contributed by atoms with Crippen molar-refractivity contribution >= 4 is 10.9 Å². The Balaban J connectivity index is 1.48. The van der Waals surface area contributed by atoms with Crippen LogP contribution in [0.3, 0.4) is 0 Å². The third-order valence-electron chi connectivity index (χ3n) is 4.71. The van der Waals surface area contributed by atoms with Crippen molar-refractivity contribution in [1.82, 2.24) is 19.9 Å². The summed E-state index contributed by atoms with van der Waals surface area (Å²) in [5.74, 6) is 1.46. The standard InChI is InChI=1S/C20H22N4/c1-14-10-15(2)23-20(22-14)18-7-9-24(13-18)12-16-5-6-19-17(11-16)4-3-8-21-19/h3-6,8,10-11,18H,7,9,12-13H2,1-2H3/t18-/m0/s1. The normalized spacial score (nSPS) is 18.3. The molecule has 0 saturated carbocycles. The Morgan fingerprint density at radius 3 is 2.75 bits per heavy atom. The second-order valence-electron chi connectivity index (χ2n) is 6.76. The number of aromatic nitrogens is 3. The first-order valence-corrected chi connectivity index (χ1v) is 8.55. The van der Waals surface area contributed by atoms with Gasteiger partial charge >= 0.3 is 0 Å². The van der Waals surface area contributed by atoms with E-state index in [2.05, 4.69) is 44.1 Å². The van der Waals surface area contributed by atoms with Gasteiger partial charge < -0.3 is 0 Å². The van der Waals surface area contributed by atoms with Crippen LogP contribution in [0.5, 0.6) is 0 Å². The van der Waals surface area contributed by atoms with Crippen LogP contribution in [-0.4, -0.2) is 32.9 Å². The van der Waals surface area contributed by atoms with Crippen molar-refractivity contribution in [1.29, 1.82) is 0 Å². The Bertz CT molecular complexity index is 854. The third kappa shape index (κ3) is 3.15. The van der Waals surface area contributed by atoms with Gasteiger partial charge in [-0.2, -0.15) is 0 Å². The summed E-state index contributed by atoms with van der Waals surface area (Å²) in [6, 6.07) is 12.7. The summed E-state index contributed by atoms with van der Waals surface area (Å²) < 4.78 is 0. The molecule has 0 N–H and O–H groups in total. The molecule has 0 radical (unpaired) electrons. The lowest BCUT2D eigenvalue weighted by Crippen LogP contribution is -2.20. The molecular formula is C20H22N4. The van der Waals surface area contributed by atoms with Crippen LogP contribution in [0.4, 0.5) is 0 Å². The molecular weight excluding hydrogens is 296 g/mol. The van der Waals surface area contributed by atoms with E-state index in [1.54, 1.807) is 0 Å². The van der Waals surface area contributed by atoms with Gasteiger partial charge in [0.1, 0.15) is 5.82 Å². The van der Waals surface area contributed by atoms with Crippen LogP contribution in [0.25, 0.3) is 10.9 Å². The number of nitrogens with zero attached hydrogens (tertiary/aromatic N) is 4. The molecule has 0 unspecified atom stereocenters. The molecule has 24 heavy (non-hydrogen) atoms. The van der Waals surface area contributed by atoms with Crippen LogP contribution in [0.1, 0.15) is 35.1 Å². The molecule has 1 saturated heterocycles. The van der Waals surface area contributed by atoms with Crippen LogP contribution in [0.15, 0.2) is 42.6 Å². The highest BCUT2D eigenvalue weighted by molar-refractivity contribution is 5.78. The van der Waals surface area contributed by atoms with Gasteiger partial charge in [-0.25, -0.2) is 9.97 Å². The summed E-state index contributed by atoms with van der Waals surface area (Å²) >= 11 is 0. The predicted molar refractivity (Wildman–Crippen MR) is 95.9 cm³/mol. The summed E-state index contributed by atoms with van der Waals surface area (Å²) in [4.78, 5) is 16.2. The van der Waals surface area contributed by atoms with Crippen molar-refractivity contribution < 1.29 is 0 Å². The van der Waals surface area contributed by atoms with Gasteiger partial charge in [0.15, 0.2) is 0 Å². The first-order chi connectivity index (χ1) is 11.7. The zero-order chi connectivity index (χ0) is 16.5. The van der Waals surface area contributed by atoms with E-state index in [1.807, 2.05) is 32.2 Å². The van der Waals surface area contributed by atoms with E-state index in [1.165, 1.54) is 10.9 Å². The lowest BCUT2D eigenvalue weighted by molar-refractivity contribution is 0.326. The van der Waals surface area contributed by atoms with E-state index >= 15 is 0 Å². The maximum Gasteiger partial charge on any atom is 0.133 e. The van der Waals surface area contributed by atoms with E-state index in [0.29, 0.717) is 5.92 Å². The van der Waals surface area contributed by atoms with Crippen molar-refractivity contribution in [2.75, 3.05) is 13.1 Å². The molecule has 0 spiro atoms. The summed E-state index contributed by atoms with van der Waals surface area (Å²) in [5, 5.41) is 1.21. The minimum atomic E-state index is 0.450. The summed E-state index contributed by atoms with van der Waals surface area (Å²) in [6.45, 7) is 7.22. The zero-order valence-corrected chi connectivity index (χ0v) is 14.2. The van der Waals surface area contributed by atoms with Crippen LogP contribution < -0.4 is 0 Å². The largest absolute Gasteiger partial charge is 0.298 e. The monoisotopic (exact) mass is 318 g/mol. The average Bonchev–Trinajstić information content (AvgIpc) is 3.02.